The van der Waals surface area contributed by atoms with Gasteiger partial charge in [-0.1, -0.05) is 19.9 Å². The van der Waals surface area contributed by atoms with E-state index in [2.05, 4.69) is 13.8 Å². The summed E-state index contributed by atoms with van der Waals surface area (Å²) in [6.45, 7) is 5.76. The van der Waals surface area contributed by atoms with Crippen molar-refractivity contribution in [3.63, 3.8) is 0 Å². The number of hydrogen-bond donors (Lipinski definition) is 1. The fourth-order valence-corrected chi connectivity index (χ4v) is 2.26. The largest absolute Gasteiger partial charge is 0.478 e. The van der Waals surface area contributed by atoms with Crippen molar-refractivity contribution in [3.05, 3.63) is 35.4 Å². The molecule has 1 aromatic carbocycles. The minimum Gasteiger partial charge on any atom is -0.478 e. The average molecular weight is 247 g/mol. The molecule has 1 aliphatic heterocycles. The first kappa shape index (κ1) is 12.6. The first-order valence-electron chi connectivity index (χ1n) is 6.11. The van der Waals surface area contributed by atoms with E-state index in [9.17, 15) is 9.59 Å². The molecule has 1 saturated heterocycles. The van der Waals surface area contributed by atoms with Crippen LogP contribution in [0.3, 0.4) is 0 Å². The highest BCUT2D eigenvalue weighted by Gasteiger charge is 2.29. The van der Waals surface area contributed by atoms with Crippen LogP contribution in [0.5, 0.6) is 0 Å². The predicted octanol–water partition coefficient (Wildman–Crippen LogP) is 2.11. The van der Waals surface area contributed by atoms with Crippen molar-refractivity contribution in [2.75, 3.05) is 13.1 Å². The number of nitrogens with zero attached hydrogens (tertiary/aromatic N) is 1. The van der Waals surface area contributed by atoms with Crippen molar-refractivity contribution < 1.29 is 14.7 Å². The molecule has 0 spiro atoms. The highest BCUT2D eigenvalue weighted by molar-refractivity contribution is 5.97. The van der Waals surface area contributed by atoms with Crippen LogP contribution in [-0.2, 0) is 0 Å². The number of carboxylic acids is 1. The van der Waals surface area contributed by atoms with Gasteiger partial charge in [0.1, 0.15) is 0 Å². The molecule has 1 N–H and O–H groups in total. The second-order valence-electron chi connectivity index (χ2n) is 5.05. The molecule has 2 rings (SSSR count). The predicted molar refractivity (Wildman–Crippen MR) is 67.6 cm³/mol. The smallest absolute Gasteiger partial charge is 0.335 e. The second kappa shape index (κ2) is 4.80. The molecule has 0 bridgehead atoms. The molecule has 1 amide bonds. The van der Waals surface area contributed by atoms with E-state index in [0.717, 1.165) is 13.1 Å². The lowest BCUT2D eigenvalue weighted by molar-refractivity contribution is 0.0697. The molecule has 0 aliphatic carbocycles. The van der Waals surface area contributed by atoms with Gasteiger partial charge in [-0.05, 0) is 30.0 Å². The summed E-state index contributed by atoms with van der Waals surface area (Å²) < 4.78 is 0. The summed E-state index contributed by atoms with van der Waals surface area (Å²) in [5.41, 5.74) is 0.609. The number of aromatic carboxylic acids is 1. The Kier molecular flexibility index (Phi) is 3.36. The Morgan fingerprint density at radius 2 is 1.72 bits per heavy atom. The Hall–Kier alpha value is -1.84. The van der Waals surface area contributed by atoms with Crippen LogP contribution in [0.1, 0.15) is 34.6 Å². The van der Waals surface area contributed by atoms with E-state index in [1.54, 1.807) is 17.0 Å². The SMILES string of the molecule is CC1CN(C(=O)c2cccc(C(=O)O)c2)CC1C. The van der Waals surface area contributed by atoms with Crippen LogP contribution >= 0.6 is 0 Å². The summed E-state index contributed by atoms with van der Waals surface area (Å²) in [4.78, 5) is 24.9. The van der Waals surface area contributed by atoms with Gasteiger partial charge in [0.05, 0.1) is 5.56 Å². The van der Waals surface area contributed by atoms with Crippen molar-refractivity contribution in [3.8, 4) is 0 Å². The number of hydrogen-bond acceptors (Lipinski definition) is 2. The van der Waals surface area contributed by atoms with E-state index >= 15 is 0 Å². The van der Waals surface area contributed by atoms with Crippen molar-refractivity contribution >= 4 is 11.9 Å². The molecule has 4 nitrogen and oxygen atoms in total. The van der Waals surface area contributed by atoms with Crippen LogP contribution in [0, 0.1) is 11.8 Å². The van der Waals surface area contributed by atoms with E-state index in [4.69, 9.17) is 5.11 Å². The lowest BCUT2D eigenvalue weighted by Gasteiger charge is -2.16. The summed E-state index contributed by atoms with van der Waals surface area (Å²) in [5, 5.41) is 8.92. The van der Waals surface area contributed by atoms with Gasteiger partial charge >= 0.3 is 5.97 Å². The van der Waals surface area contributed by atoms with E-state index in [1.165, 1.54) is 12.1 Å². The van der Waals surface area contributed by atoms with Crippen LogP contribution in [0.4, 0.5) is 0 Å². The molecule has 1 aromatic rings. The third kappa shape index (κ3) is 2.37. The molecule has 1 fully saturated rings. The number of rotatable bonds is 2. The minimum absolute atomic E-state index is 0.0747. The minimum atomic E-state index is -1.01. The van der Waals surface area contributed by atoms with Gasteiger partial charge in [-0.2, -0.15) is 0 Å². The maximum atomic E-state index is 12.2. The van der Waals surface area contributed by atoms with Crippen LogP contribution < -0.4 is 0 Å². The number of amides is 1. The quantitative estimate of drug-likeness (QED) is 0.870. The molecular weight excluding hydrogens is 230 g/mol. The summed E-state index contributed by atoms with van der Waals surface area (Å²) in [6.07, 6.45) is 0. The van der Waals surface area contributed by atoms with Crippen molar-refractivity contribution in [1.82, 2.24) is 4.90 Å². The number of carbonyl (C=O) groups is 2. The number of likely N-dealkylation sites (tertiary alicyclic amines) is 1. The fraction of sp³-hybridized carbons (Fsp3) is 0.429. The molecule has 18 heavy (non-hydrogen) atoms. The standard InChI is InChI=1S/C14H17NO3/c1-9-7-15(8-10(9)2)13(16)11-4-3-5-12(6-11)14(17)18/h3-6,9-10H,7-8H2,1-2H3,(H,17,18). The normalized spacial score (nSPS) is 23.1. The van der Waals surface area contributed by atoms with Gasteiger partial charge in [0.2, 0.25) is 0 Å². The Labute approximate surface area is 106 Å². The third-order valence-electron chi connectivity index (χ3n) is 3.63. The molecule has 0 aromatic heterocycles. The van der Waals surface area contributed by atoms with Crippen molar-refractivity contribution in [2.45, 2.75) is 13.8 Å². The van der Waals surface area contributed by atoms with Crippen molar-refractivity contribution in [1.29, 1.82) is 0 Å². The van der Waals surface area contributed by atoms with E-state index in [0.29, 0.717) is 17.4 Å². The zero-order valence-electron chi connectivity index (χ0n) is 10.6. The van der Waals surface area contributed by atoms with Crippen LogP contribution in [0.25, 0.3) is 0 Å². The summed E-state index contributed by atoms with van der Waals surface area (Å²) in [6, 6.07) is 6.22. The monoisotopic (exact) mass is 247 g/mol. The zero-order chi connectivity index (χ0) is 13.3. The fourth-order valence-electron chi connectivity index (χ4n) is 2.26. The van der Waals surface area contributed by atoms with Crippen LogP contribution in [0.2, 0.25) is 0 Å². The highest BCUT2D eigenvalue weighted by Crippen LogP contribution is 2.23. The van der Waals surface area contributed by atoms with Crippen LogP contribution in [0.15, 0.2) is 24.3 Å². The first-order valence-corrected chi connectivity index (χ1v) is 6.11. The third-order valence-corrected chi connectivity index (χ3v) is 3.63. The average Bonchev–Trinajstić information content (AvgIpc) is 2.69. The molecule has 2 unspecified atom stereocenters. The molecule has 4 heteroatoms. The van der Waals surface area contributed by atoms with Gasteiger partial charge in [-0.25, -0.2) is 4.79 Å². The van der Waals surface area contributed by atoms with Gasteiger partial charge in [-0.3, -0.25) is 4.79 Å². The molecule has 96 valence electrons. The number of carbonyl (C=O) groups excluding carboxylic acids is 1. The van der Waals surface area contributed by atoms with E-state index < -0.39 is 5.97 Å². The molecule has 2 atom stereocenters. The van der Waals surface area contributed by atoms with Gasteiger partial charge in [-0.15, -0.1) is 0 Å². The van der Waals surface area contributed by atoms with E-state index in [-0.39, 0.29) is 11.5 Å². The first-order chi connectivity index (χ1) is 8.49. The van der Waals surface area contributed by atoms with Gasteiger partial charge in [0.25, 0.3) is 5.91 Å². The summed E-state index contributed by atoms with van der Waals surface area (Å²) in [5.74, 6) is -0.0877. The molecule has 0 radical (unpaired) electrons. The topological polar surface area (TPSA) is 57.6 Å². The van der Waals surface area contributed by atoms with Crippen LogP contribution in [-0.4, -0.2) is 35.0 Å². The summed E-state index contributed by atoms with van der Waals surface area (Å²) in [7, 11) is 0. The second-order valence-corrected chi connectivity index (χ2v) is 5.05. The number of benzene rings is 1. The van der Waals surface area contributed by atoms with Gasteiger partial charge < -0.3 is 10.0 Å². The Bertz CT molecular complexity index is 474. The molecule has 0 saturated carbocycles. The lowest BCUT2D eigenvalue weighted by atomic mass is 10.0. The molecule has 1 aliphatic rings. The van der Waals surface area contributed by atoms with Crippen molar-refractivity contribution in [2.24, 2.45) is 11.8 Å². The Balaban J connectivity index is 2.19. The molecular formula is C14H17NO3. The lowest BCUT2D eigenvalue weighted by Crippen LogP contribution is -2.29. The Morgan fingerprint density at radius 3 is 2.28 bits per heavy atom. The van der Waals surface area contributed by atoms with Gasteiger partial charge in [0, 0.05) is 18.7 Å². The number of carboxylic acid groups (broad SMARTS) is 1. The summed E-state index contributed by atoms with van der Waals surface area (Å²) >= 11 is 0. The zero-order valence-corrected chi connectivity index (χ0v) is 10.6. The maximum Gasteiger partial charge on any atom is 0.335 e. The van der Waals surface area contributed by atoms with E-state index in [1.807, 2.05) is 0 Å². The Morgan fingerprint density at radius 1 is 1.17 bits per heavy atom. The van der Waals surface area contributed by atoms with Gasteiger partial charge in [0.15, 0.2) is 0 Å². The molecule has 1 heterocycles. The highest BCUT2D eigenvalue weighted by atomic mass is 16.4. The maximum absolute atomic E-state index is 12.2.